The SMILES string of the molecule is Cc1ccc(-c2nnc(NO)c3ccccc23)cc1C. The number of hydrogen-bond acceptors (Lipinski definition) is 4. The Kier molecular flexibility index (Phi) is 3.08. The zero-order valence-electron chi connectivity index (χ0n) is 11.4. The highest BCUT2D eigenvalue weighted by Gasteiger charge is 2.10. The van der Waals surface area contributed by atoms with Crippen molar-refractivity contribution in [1.29, 1.82) is 0 Å². The molecule has 0 aliphatic carbocycles. The van der Waals surface area contributed by atoms with Crippen molar-refractivity contribution in [3.63, 3.8) is 0 Å². The van der Waals surface area contributed by atoms with Crippen LogP contribution in [0.1, 0.15) is 11.1 Å². The first-order valence-electron chi connectivity index (χ1n) is 6.44. The lowest BCUT2D eigenvalue weighted by Crippen LogP contribution is -1.99. The van der Waals surface area contributed by atoms with E-state index in [1.54, 1.807) is 0 Å². The maximum Gasteiger partial charge on any atom is 0.180 e. The molecule has 0 saturated carbocycles. The summed E-state index contributed by atoms with van der Waals surface area (Å²) >= 11 is 0. The van der Waals surface area contributed by atoms with Gasteiger partial charge in [-0.1, -0.05) is 36.4 Å². The highest BCUT2D eigenvalue weighted by Crippen LogP contribution is 2.30. The average Bonchev–Trinajstić information content (AvgIpc) is 2.49. The summed E-state index contributed by atoms with van der Waals surface area (Å²) in [4.78, 5) is 0. The molecule has 4 nitrogen and oxygen atoms in total. The van der Waals surface area contributed by atoms with Crippen LogP contribution in [0.25, 0.3) is 22.0 Å². The lowest BCUT2D eigenvalue weighted by atomic mass is 10.0. The smallest absolute Gasteiger partial charge is 0.180 e. The monoisotopic (exact) mass is 265 g/mol. The molecule has 1 heterocycles. The van der Waals surface area contributed by atoms with Gasteiger partial charge in [0.25, 0.3) is 0 Å². The van der Waals surface area contributed by atoms with E-state index in [9.17, 15) is 0 Å². The van der Waals surface area contributed by atoms with Gasteiger partial charge in [0.15, 0.2) is 5.82 Å². The number of hydrogen-bond donors (Lipinski definition) is 2. The number of nitrogens with zero attached hydrogens (tertiary/aromatic N) is 2. The van der Waals surface area contributed by atoms with Gasteiger partial charge in [-0.2, -0.15) is 0 Å². The second-order valence-electron chi connectivity index (χ2n) is 4.85. The van der Waals surface area contributed by atoms with Crippen molar-refractivity contribution in [2.75, 3.05) is 5.48 Å². The van der Waals surface area contributed by atoms with Gasteiger partial charge in [0.05, 0.1) is 0 Å². The maximum absolute atomic E-state index is 9.13. The van der Waals surface area contributed by atoms with Crippen molar-refractivity contribution in [3.05, 3.63) is 53.6 Å². The number of nitrogens with one attached hydrogen (secondary N) is 1. The Hall–Kier alpha value is -2.46. The molecular formula is C16H15N3O. The molecular weight excluding hydrogens is 250 g/mol. The highest BCUT2D eigenvalue weighted by molar-refractivity contribution is 5.99. The van der Waals surface area contributed by atoms with E-state index >= 15 is 0 Å². The van der Waals surface area contributed by atoms with Gasteiger partial charge in [-0.05, 0) is 31.0 Å². The Morgan fingerprint density at radius 3 is 2.35 bits per heavy atom. The molecule has 1 aromatic heterocycles. The number of aromatic nitrogens is 2. The first-order chi connectivity index (χ1) is 9.70. The molecule has 2 N–H and O–H groups in total. The van der Waals surface area contributed by atoms with Crippen molar-refractivity contribution in [2.45, 2.75) is 13.8 Å². The largest absolute Gasteiger partial charge is 0.290 e. The molecule has 0 aliphatic rings. The third kappa shape index (κ3) is 2.00. The lowest BCUT2D eigenvalue weighted by Gasteiger charge is -2.09. The molecule has 0 radical (unpaired) electrons. The predicted octanol–water partition coefficient (Wildman–Crippen LogP) is 3.71. The summed E-state index contributed by atoms with van der Waals surface area (Å²) < 4.78 is 0. The van der Waals surface area contributed by atoms with E-state index in [1.807, 2.05) is 30.3 Å². The molecule has 100 valence electrons. The topological polar surface area (TPSA) is 58.0 Å². The Balaban J connectivity index is 2.29. The van der Waals surface area contributed by atoms with Gasteiger partial charge in [-0.3, -0.25) is 10.7 Å². The minimum absolute atomic E-state index is 0.369. The zero-order valence-corrected chi connectivity index (χ0v) is 11.4. The molecule has 0 saturated heterocycles. The quantitative estimate of drug-likeness (QED) is 0.693. The van der Waals surface area contributed by atoms with Crippen LogP contribution >= 0.6 is 0 Å². The fraction of sp³-hybridized carbons (Fsp3) is 0.125. The predicted molar refractivity (Wildman–Crippen MR) is 79.9 cm³/mol. The summed E-state index contributed by atoms with van der Waals surface area (Å²) in [6, 6.07) is 14.0. The van der Waals surface area contributed by atoms with Crippen LogP contribution in [0.2, 0.25) is 0 Å². The Morgan fingerprint density at radius 1 is 0.900 bits per heavy atom. The van der Waals surface area contributed by atoms with Crippen molar-refractivity contribution in [1.82, 2.24) is 10.2 Å². The standard InChI is InChI=1S/C16H15N3O/c1-10-7-8-12(9-11(10)2)15-13-5-3-4-6-14(13)16(19-20)18-17-15/h3-9,20H,1-2H3,(H,18,19). The van der Waals surface area contributed by atoms with Crippen molar-refractivity contribution in [3.8, 4) is 11.3 Å². The second kappa shape index (κ2) is 4.90. The van der Waals surface area contributed by atoms with Crippen LogP contribution in [0.4, 0.5) is 5.82 Å². The maximum atomic E-state index is 9.13. The highest BCUT2D eigenvalue weighted by atomic mass is 16.5. The van der Waals surface area contributed by atoms with Gasteiger partial charge in [-0.25, -0.2) is 0 Å². The molecule has 0 fully saturated rings. The number of benzene rings is 2. The summed E-state index contributed by atoms with van der Waals surface area (Å²) in [5.74, 6) is 0.369. The van der Waals surface area contributed by atoms with Crippen LogP contribution in [-0.2, 0) is 0 Å². The average molecular weight is 265 g/mol. The summed E-state index contributed by atoms with van der Waals surface area (Å²) in [7, 11) is 0. The number of rotatable bonds is 2. The van der Waals surface area contributed by atoms with Gasteiger partial charge < -0.3 is 0 Å². The van der Waals surface area contributed by atoms with E-state index in [0.29, 0.717) is 5.82 Å². The number of anilines is 1. The van der Waals surface area contributed by atoms with Crippen LogP contribution in [-0.4, -0.2) is 15.4 Å². The van der Waals surface area contributed by atoms with Gasteiger partial charge in [0.1, 0.15) is 5.69 Å². The molecule has 20 heavy (non-hydrogen) atoms. The second-order valence-corrected chi connectivity index (χ2v) is 4.85. The van der Waals surface area contributed by atoms with Crippen LogP contribution in [0, 0.1) is 13.8 Å². The third-order valence-electron chi connectivity index (χ3n) is 3.57. The van der Waals surface area contributed by atoms with E-state index < -0.39 is 0 Å². The third-order valence-corrected chi connectivity index (χ3v) is 3.57. The van der Waals surface area contributed by atoms with E-state index in [2.05, 4.69) is 41.7 Å². The fourth-order valence-corrected chi connectivity index (χ4v) is 2.29. The molecule has 0 atom stereocenters. The van der Waals surface area contributed by atoms with Crippen LogP contribution in [0.15, 0.2) is 42.5 Å². The summed E-state index contributed by atoms with van der Waals surface area (Å²) in [6.45, 7) is 4.17. The van der Waals surface area contributed by atoms with Crippen LogP contribution < -0.4 is 5.48 Å². The van der Waals surface area contributed by atoms with E-state index in [1.165, 1.54) is 11.1 Å². The zero-order chi connectivity index (χ0) is 14.1. The van der Waals surface area contributed by atoms with Gasteiger partial charge >= 0.3 is 0 Å². The van der Waals surface area contributed by atoms with E-state index in [4.69, 9.17) is 5.21 Å². The molecule has 3 rings (SSSR count). The molecule has 4 heteroatoms. The molecule has 0 unspecified atom stereocenters. The van der Waals surface area contributed by atoms with E-state index in [0.717, 1.165) is 22.0 Å². The first kappa shape index (κ1) is 12.6. The minimum atomic E-state index is 0.369. The Labute approximate surface area is 117 Å². The molecule has 0 amide bonds. The van der Waals surface area contributed by atoms with Crippen LogP contribution in [0.3, 0.4) is 0 Å². The number of fused-ring (bicyclic) bond motifs is 1. The van der Waals surface area contributed by atoms with Gasteiger partial charge in [-0.15, -0.1) is 10.2 Å². The molecule has 0 bridgehead atoms. The minimum Gasteiger partial charge on any atom is -0.290 e. The molecule has 2 aromatic carbocycles. The molecule has 3 aromatic rings. The van der Waals surface area contributed by atoms with Gasteiger partial charge in [0, 0.05) is 16.3 Å². The number of aryl methyl sites for hydroxylation is 2. The molecule has 0 aliphatic heterocycles. The Bertz CT molecular complexity index is 784. The van der Waals surface area contributed by atoms with Crippen molar-refractivity contribution in [2.24, 2.45) is 0 Å². The molecule has 0 spiro atoms. The van der Waals surface area contributed by atoms with Crippen molar-refractivity contribution < 1.29 is 5.21 Å². The van der Waals surface area contributed by atoms with Crippen LogP contribution in [0.5, 0.6) is 0 Å². The van der Waals surface area contributed by atoms with Gasteiger partial charge in [0.2, 0.25) is 0 Å². The fourth-order valence-electron chi connectivity index (χ4n) is 2.29. The normalized spacial score (nSPS) is 10.8. The summed E-state index contributed by atoms with van der Waals surface area (Å²) in [5.41, 5.74) is 6.42. The summed E-state index contributed by atoms with van der Waals surface area (Å²) in [5, 5.41) is 19.2. The first-order valence-corrected chi connectivity index (χ1v) is 6.44. The Morgan fingerprint density at radius 2 is 1.65 bits per heavy atom. The van der Waals surface area contributed by atoms with E-state index in [-0.39, 0.29) is 0 Å². The van der Waals surface area contributed by atoms with Crippen molar-refractivity contribution >= 4 is 16.6 Å². The lowest BCUT2D eigenvalue weighted by molar-refractivity contribution is 0.386. The summed E-state index contributed by atoms with van der Waals surface area (Å²) in [6.07, 6.45) is 0.